The molecule has 4 aromatic rings. The lowest BCUT2D eigenvalue weighted by molar-refractivity contribution is 0.103. The average molecular weight is 527 g/mol. The second kappa shape index (κ2) is 13.6. The van der Waals surface area contributed by atoms with E-state index in [-0.39, 0.29) is 12.1 Å². The molecular formula is C36H34N2O2. The van der Waals surface area contributed by atoms with Crippen LogP contribution in [0.1, 0.15) is 56.6 Å². The summed E-state index contributed by atoms with van der Waals surface area (Å²) in [4.78, 5) is 10.0. The standard InChI is InChI=1S/C32H24N2.C4H10O2/c1-5-13-27-23(9-1)17-18-24-10-2-6-14-28(24)31(27)33-21-22-34-32-29-15-7-3-11-25(29)19-20-26-12-4-8-16-30(26)32;1-5-3-4-6-2/h1-22,31-32H;3-4H2,1-2H3. The zero-order valence-corrected chi connectivity index (χ0v) is 23.0. The van der Waals surface area contributed by atoms with Crippen LogP contribution in [-0.2, 0) is 9.47 Å². The Bertz CT molecular complexity index is 1330. The molecule has 0 aromatic heterocycles. The first kappa shape index (κ1) is 27.2. The fourth-order valence-corrected chi connectivity index (χ4v) is 5.08. The highest BCUT2D eigenvalue weighted by Crippen LogP contribution is 2.36. The van der Waals surface area contributed by atoms with Crippen LogP contribution in [0.5, 0.6) is 0 Å². The quantitative estimate of drug-likeness (QED) is 0.189. The van der Waals surface area contributed by atoms with Crippen molar-refractivity contribution in [3.05, 3.63) is 142 Å². The lowest BCUT2D eigenvalue weighted by Crippen LogP contribution is -2.03. The smallest absolute Gasteiger partial charge is 0.101 e. The number of ether oxygens (including phenoxy) is 2. The lowest BCUT2D eigenvalue weighted by atomic mass is 9.94. The van der Waals surface area contributed by atoms with E-state index >= 15 is 0 Å². The molecule has 0 bridgehead atoms. The van der Waals surface area contributed by atoms with Crippen LogP contribution < -0.4 is 0 Å². The number of methoxy groups -OCH3 is 2. The fourth-order valence-electron chi connectivity index (χ4n) is 5.08. The SMILES string of the molecule is C1=Cc2ccccc2C(N=CC=NC2c3ccccc3C=Cc3ccccc32)c2ccccc21.COCCOC. The Hall–Kier alpha value is -4.38. The molecule has 0 radical (unpaired) electrons. The number of aliphatic imine (C=N–C) groups is 2. The number of nitrogens with zero attached hydrogens (tertiary/aromatic N) is 2. The number of hydrogen-bond donors (Lipinski definition) is 0. The van der Waals surface area contributed by atoms with Crippen molar-refractivity contribution in [2.75, 3.05) is 27.4 Å². The molecule has 0 spiro atoms. The van der Waals surface area contributed by atoms with Crippen LogP contribution in [0.15, 0.2) is 107 Å². The maximum Gasteiger partial charge on any atom is 0.101 e. The Morgan fingerprint density at radius 3 is 1.02 bits per heavy atom. The first-order valence-corrected chi connectivity index (χ1v) is 13.5. The summed E-state index contributed by atoms with van der Waals surface area (Å²) >= 11 is 0. The molecule has 40 heavy (non-hydrogen) atoms. The van der Waals surface area contributed by atoms with E-state index in [1.807, 2.05) is 12.4 Å². The van der Waals surface area contributed by atoms with Crippen LogP contribution in [0.4, 0.5) is 0 Å². The van der Waals surface area contributed by atoms with Gasteiger partial charge in [0.1, 0.15) is 12.1 Å². The van der Waals surface area contributed by atoms with Gasteiger partial charge in [-0.2, -0.15) is 0 Å². The molecule has 4 aromatic carbocycles. The normalized spacial score (nSPS) is 14.1. The Morgan fingerprint density at radius 1 is 0.475 bits per heavy atom. The van der Waals surface area contributed by atoms with E-state index in [0.717, 1.165) is 0 Å². The molecule has 0 saturated carbocycles. The molecule has 2 aliphatic carbocycles. The van der Waals surface area contributed by atoms with Crippen molar-refractivity contribution in [3.63, 3.8) is 0 Å². The van der Waals surface area contributed by atoms with Gasteiger partial charge in [0.05, 0.1) is 13.2 Å². The van der Waals surface area contributed by atoms with E-state index in [0.29, 0.717) is 13.2 Å². The van der Waals surface area contributed by atoms with E-state index in [9.17, 15) is 0 Å². The first-order chi connectivity index (χ1) is 19.8. The van der Waals surface area contributed by atoms with E-state index < -0.39 is 0 Å². The molecule has 200 valence electrons. The van der Waals surface area contributed by atoms with Crippen LogP contribution >= 0.6 is 0 Å². The summed E-state index contributed by atoms with van der Waals surface area (Å²) in [5, 5.41) is 0. The van der Waals surface area contributed by atoms with Crippen molar-refractivity contribution in [2.24, 2.45) is 9.98 Å². The summed E-state index contributed by atoms with van der Waals surface area (Å²) in [6.45, 7) is 1.38. The van der Waals surface area contributed by atoms with Crippen LogP contribution in [0.3, 0.4) is 0 Å². The van der Waals surface area contributed by atoms with Gasteiger partial charge in [0.15, 0.2) is 0 Å². The van der Waals surface area contributed by atoms with Gasteiger partial charge in [-0.3, -0.25) is 9.98 Å². The highest BCUT2D eigenvalue weighted by molar-refractivity contribution is 6.16. The van der Waals surface area contributed by atoms with Gasteiger partial charge in [0, 0.05) is 26.6 Å². The molecule has 0 heterocycles. The largest absolute Gasteiger partial charge is 0.382 e. The molecular weight excluding hydrogens is 492 g/mol. The van der Waals surface area contributed by atoms with Gasteiger partial charge >= 0.3 is 0 Å². The predicted octanol–water partition coefficient (Wildman–Crippen LogP) is 7.95. The molecule has 0 amide bonds. The average Bonchev–Trinajstić information content (AvgIpc) is 3.27. The Morgan fingerprint density at radius 2 is 0.750 bits per heavy atom. The van der Waals surface area contributed by atoms with Crippen molar-refractivity contribution in [1.82, 2.24) is 0 Å². The van der Waals surface area contributed by atoms with Crippen molar-refractivity contribution < 1.29 is 9.47 Å². The van der Waals surface area contributed by atoms with Crippen molar-refractivity contribution in [1.29, 1.82) is 0 Å². The van der Waals surface area contributed by atoms with E-state index in [4.69, 9.17) is 9.98 Å². The molecule has 0 unspecified atom stereocenters. The third kappa shape index (κ3) is 6.26. The number of fused-ring (bicyclic) bond motifs is 4. The zero-order chi connectivity index (χ0) is 27.6. The highest BCUT2D eigenvalue weighted by atomic mass is 16.5. The minimum atomic E-state index is -0.0655. The Balaban J connectivity index is 0.000000487. The molecule has 4 heteroatoms. The van der Waals surface area contributed by atoms with Crippen LogP contribution in [0.2, 0.25) is 0 Å². The third-order valence-electron chi connectivity index (χ3n) is 7.08. The minimum absolute atomic E-state index is 0.0655. The molecule has 0 fully saturated rings. The highest BCUT2D eigenvalue weighted by Gasteiger charge is 2.21. The summed E-state index contributed by atoms with van der Waals surface area (Å²) < 4.78 is 9.31. The van der Waals surface area contributed by atoms with Crippen molar-refractivity contribution in [3.8, 4) is 0 Å². The summed E-state index contributed by atoms with van der Waals surface area (Å²) in [5.41, 5.74) is 9.66. The van der Waals surface area contributed by atoms with Crippen molar-refractivity contribution >= 4 is 36.7 Å². The van der Waals surface area contributed by atoms with Gasteiger partial charge in [0.2, 0.25) is 0 Å². The maximum atomic E-state index is 5.02. The Labute approximate surface area is 237 Å². The molecule has 6 rings (SSSR count). The van der Waals surface area contributed by atoms with E-state index in [1.165, 1.54) is 44.5 Å². The van der Waals surface area contributed by atoms with E-state index in [2.05, 4.69) is 131 Å². The number of hydrogen-bond acceptors (Lipinski definition) is 4. The lowest BCUT2D eigenvalue weighted by Gasteiger charge is -2.17. The summed E-state index contributed by atoms with van der Waals surface area (Å²) in [6.07, 6.45) is 12.5. The van der Waals surface area contributed by atoms with Gasteiger partial charge < -0.3 is 9.47 Å². The van der Waals surface area contributed by atoms with Gasteiger partial charge in [-0.15, -0.1) is 0 Å². The molecule has 0 N–H and O–H groups in total. The number of rotatable bonds is 6. The number of benzene rings is 4. The van der Waals surface area contributed by atoms with Gasteiger partial charge in [0.25, 0.3) is 0 Å². The molecule has 0 aliphatic heterocycles. The summed E-state index contributed by atoms with van der Waals surface area (Å²) in [6, 6.07) is 33.8. The molecule has 2 aliphatic rings. The first-order valence-electron chi connectivity index (χ1n) is 13.5. The topological polar surface area (TPSA) is 43.2 Å². The van der Waals surface area contributed by atoms with Gasteiger partial charge in [-0.25, -0.2) is 0 Å². The second-order valence-corrected chi connectivity index (χ2v) is 9.57. The van der Waals surface area contributed by atoms with E-state index in [1.54, 1.807) is 14.2 Å². The summed E-state index contributed by atoms with van der Waals surface area (Å²) in [5.74, 6) is 0. The fraction of sp³-hybridized carbons (Fsp3) is 0.167. The van der Waals surface area contributed by atoms with Crippen molar-refractivity contribution in [2.45, 2.75) is 12.1 Å². The van der Waals surface area contributed by atoms with Gasteiger partial charge in [-0.1, -0.05) is 121 Å². The third-order valence-corrected chi connectivity index (χ3v) is 7.08. The van der Waals surface area contributed by atoms with Crippen LogP contribution in [0, 0.1) is 0 Å². The molecule has 0 atom stereocenters. The second-order valence-electron chi connectivity index (χ2n) is 9.57. The minimum Gasteiger partial charge on any atom is -0.382 e. The zero-order valence-electron chi connectivity index (χ0n) is 23.0. The monoisotopic (exact) mass is 526 g/mol. The van der Waals surface area contributed by atoms with Crippen LogP contribution in [0.25, 0.3) is 24.3 Å². The van der Waals surface area contributed by atoms with Crippen LogP contribution in [-0.4, -0.2) is 39.9 Å². The summed E-state index contributed by atoms with van der Waals surface area (Å²) in [7, 11) is 3.30. The predicted molar refractivity (Wildman–Crippen MR) is 168 cm³/mol. The molecule has 0 saturated heterocycles. The Kier molecular flexibility index (Phi) is 9.25. The molecule has 4 nitrogen and oxygen atoms in total. The maximum absolute atomic E-state index is 5.02. The van der Waals surface area contributed by atoms with Gasteiger partial charge in [-0.05, 0) is 44.5 Å².